The van der Waals surface area contributed by atoms with Crippen molar-refractivity contribution >= 4 is 17.9 Å². The summed E-state index contributed by atoms with van der Waals surface area (Å²) in [4.78, 5) is 25.5. The molecule has 0 atom stereocenters. The molecule has 7 nitrogen and oxygen atoms in total. The number of amides is 1. The number of aromatic nitrogens is 1. The lowest BCUT2D eigenvalue weighted by Crippen LogP contribution is -2.17. The highest BCUT2D eigenvalue weighted by molar-refractivity contribution is 5.97. The topological polar surface area (TPSA) is 109 Å². The van der Waals surface area contributed by atoms with Gasteiger partial charge in [-0.15, -0.1) is 0 Å². The Hall–Kier alpha value is -2.57. The number of rotatable bonds is 4. The number of hydrogen-bond acceptors (Lipinski definition) is 5. The van der Waals surface area contributed by atoms with Gasteiger partial charge in [-0.05, 0) is 6.07 Å². The second-order valence-electron chi connectivity index (χ2n) is 2.91. The predicted octanol–water partition coefficient (Wildman–Crippen LogP) is 1.22. The number of carboxylic acid groups (broad SMARTS) is 1. The molecule has 3 N–H and O–H groups in total. The number of nitrogens with one attached hydrogen (secondary N) is 1. The third-order valence-corrected chi connectivity index (χ3v) is 1.66. The Morgan fingerprint density at radius 3 is 2.88 bits per heavy atom. The second kappa shape index (κ2) is 5.50. The van der Waals surface area contributed by atoms with Gasteiger partial charge in [0.15, 0.2) is 0 Å². The highest BCUT2D eigenvalue weighted by Crippen LogP contribution is 2.18. The zero-order chi connectivity index (χ0) is 12.8. The van der Waals surface area contributed by atoms with Crippen molar-refractivity contribution in [2.75, 3.05) is 11.9 Å². The van der Waals surface area contributed by atoms with E-state index in [-0.39, 0.29) is 23.7 Å². The summed E-state index contributed by atoms with van der Waals surface area (Å²) in [6.07, 6.45) is 1.52. The van der Waals surface area contributed by atoms with E-state index < -0.39 is 12.1 Å². The Morgan fingerprint density at radius 1 is 1.59 bits per heavy atom. The van der Waals surface area contributed by atoms with Crippen LogP contribution in [0.25, 0.3) is 0 Å². The van der Waals surface area contributed by atoms with Gasteiger partial charge in [0, 0.05) is 0 Å². The number of anilines is 1. The van der Waals surface area contributed by atoms with Crippen molar-refractivity contribution in [1.29, 1.82) is 0 Å². The fourth-order valence-electron chi connectivity index (χ4n) is 0.984. The number of ether oxygens (including phenoxy) is 1. The monoisotopic (exact) mass is 238 g/mol. The molecular weight excluding hydrogens is 228 g/mol. The van der Waals surface area contributed by atoms with Crippen molar-refractivity contribution < 1.29 is 24.5 Å². The molecule has 0 fully saturated rings. The summed E-state index contributed by atoms with van der Waals surface area (Å²) in [6, 6.07) is 0.971. The molecule has 17 heavy (non-hydrogen) atoms. The summed E-state index contributed by atoms with van der Waals surface area (Å²) >= 11 is 0. The number of pyridine rings is 1. The van der Waals surface area contributed by atoms with Crippen LogP contribution < -0.4 is 5.32 Å². The number of aromatic hydroxyl groups is 1. The summed E-state index contributed by atoms with van der Waals surface area (Å²) in [5.74, 6) is -1.84. The van der Waals surface area contributed by atoms with Gasteiger partial charge in [0.05, 0.1) is 6.20 Å². The Labute approximate surface area is 96.4 Å². The Kier molecular flexibility index (Phi) is 4.04. The minimum Gasteiger partial charge on any atom is -0.506 e. The fourth-order valence-corrected chi connectivity index (χ4v) is 0.984. The SMILES string of the molecule is C=CCOC(=O)Nc1ncc(O)cc1C(=O)O. The maximum atomic E-state index is 11.2. The van der Waals surface area contributed by atoms with Crippen LogP contribution in [-0.4, -0.2) is 33.9 Å². The number of aromatic carboxylic acids is 1. The standard InChI is InChI=1S/C10H10N2O5/c1-2-3-17-10(16)12-8-7(9(14)15)4-6(13)5-11-8/h2,4-5,13H,1,3H2,(H,14,15)(H,11,12,16). The molecular formula is C10H10N2O5. The summed E-state index contributed by atoms with van der Waals surface area (Å²) in [7, 11) is 0. The lowest BCUT2D eigenvalue weighted by molar-refractivity contribution is 0.0697. The first-order valence-electron chi connectivity index (χ1n) is 4.51. The van der Waals surface area contributed by atoms with E-state index in [0.717, 1.165) is 12.3 Å². The van der Waals surface area contributed by atoms with Crippen molar-refractivity contribution in [2.24, 2.45) is 0 Å². The lowest BCUT2D eigenvalue weighted by Gasteiger charge is -2.07. The molecule has 7 heteroatoms. The Morgan fingerprint density at radius 2 is 2.29 bits per heavy atom. The van der Waals surface area contributed by atoms with E-state index in [1.54, 1.807) is 0 Å². The normalized spacial score (nSPS) is 9.41. The van der Waals surface area contributed by atoms with Crippen LogP contribution in [0.15, 0.2) is 24.9 Å². The van der Waals surface area contributed by atoms with Crippen molar-refractivity contribution in [1.82, 2.24) is 4.98 Å². The maximum Gasteiger partial charge on any atom is 0.413 e. The molecule has 1 amide bonds. The lowest BCUT2D eigenvalue weighted by atomic mass is 10.2. The molecule has 1 aromatic heterocycles. The van der Waals surface area contributed by atoms with Crippen LogP contribution in [0.5, 0.6) is 5.75 Å². The Balaban J connectivity index is 2.86. The number of carboxylic acids is 1. The van der Waals surface area contributed by atoms with E-state index in [4.69, 9.17) is 10.2 Å². The highest BCUT2D eigenvalue weighted by atomic mass is 16.5. The van der Waals surface area contributed by atoms with Gasteiger partial charge in [0.2, 0.25) is 0 Å². The molecule has 1 rings (SSSR count). The van der Waals surface area contributed by atoms with Crippen LogP contribution in [0.2, 0.25) is 0 Å². The molecule has 0 aromatic carbocycles. The van der Waals surface area contributed by atoms with Gasteiger partial charge in [0.25, 0.3) is 0 Å². The third kappa shape index (κ3) is 3.49. The minimum atomic E-state index is -1.33. The highest BCUT2D eigenvalue weighted by Gasteiger charge is 2.15. The van der Waals surface area contributed by atoms with Crippen molar-refractivity contribution in [3.8, 4) is 5.75 Å². The van der Waals surface area contributed by atoms with Gasteiger partial charge in [-0.1, -0.05) is 12.7 Å². The zero-order valence-corrected chi connectivity index (χ0v) is 8.71. The minimum absolute atomic E-state index is 0.00762. The van der Waals surface area contributed by atoms with Gasteiger partial charge in [0.1, 0.15) is 23.7 Å². The van der Waals surface area contributed by atoms with Crippen LogP contribution in [0, 0.1) is 0 Å². The van der Waals surface area contributed by atoms with Gasteiger partial charge < -0.3 is 14.9 Å². The van der Waals surface area contributed by atoms with E-state index in [9.17, 15) is 9.59 Å². The molecule has 0 aliphatic carbocycles. The number of carbonyl (C=O) groups is 2. The van der Waals surface area contributed by atoms with Crippen LogP contribution in [0.3, 0.4) is 0 Å². The number of hydrogen-bond donors (Lipinski definition) is 3. The number of nitrogens with zero attached hydrogens (tertiary/aromatic N) is 1. The molecule has 0 radical (unpaired) electrons. The van der Waals surface area contributed by atoms with Crippen LogP contribution in [0.4, 0.5) is 10.6 Å². The zero-order valence-electron chi connectivity index (χ0n) is 8.71. The van der Waals surface area contributed by atoms with Crippen molar-refractivity contribution in [3.05, 3.63) is 30.5 Å². The first-order chi connectivity index (χ1) is 8.04. The first-order valence-corrected chi connectivity index (χ1v) is 4.51. The molecule has 90 valence electrons. The summed E-state index contributed by atoms with van der Waals surface area (Å²) in [5.41, 5.74) is -0.333. The molecule has 0 bridgehead atoms. The molecule has 0 spiro atoms. The molecule has 0 unspecified atom stereocenters. The second-order valence-corrected chi connectivity index (χ2v) is 2.91. The average Bonchev–Trinajstić information content (AvgIpc) is 2.28. The largest absolute Gasteiger partial charge is 0.506 e. The summed E-state index contributed by atoms with van der Waals surface area (Å²) in [6.45, 7) is 3.34. The molecule has 1 heterocycles. The smallest absolute Gasteiger partial charge is 0.413 e. The van der Waals surface area contributed by atoms with Crippen molar-refractivity contribution in [2.45, 2.75) is 0 Å². The third-order valence-electron chi connectivity index (χ3n) is 1.66. The van der Waals surface area contributed by atoms with Crippen LogP contribution in [-0.2, 0) is 4.74 Å². The fraction of sp³-hybridized carbons (Fsp3) is 0.100. The summed E-state index contributed by atoms with van der Waals surface area (Å²) < 4.78 is 4.60. The molecule has 1 aromatic rings. The van der Waals surface area contributed by atoms with Gasteiger partial charge in [-0.2, -0.15) is 0 Å². The van der Waals surface area contributed by atoms with E-state index in [2.05, 4.69) is 21.6 Å². The van der Waals surface area contributed by atoms with E-state index in [1.165, 1.54) is 6.08 Å². The van der Waals surface area contributed by atoms with E-state index >= 15 is 0 Å². The van der Waals surface area contributed by atoms with Crippen molar-refractivity contribution in [3.63, 3.8) is 0 Å². The predicted molar refractivity (Wildman–Crippen MR) is 58.0 cm³/mol. The number of carbonyl (C=O) groups excluding carboxylic acids is 1. The average molecular weight is 238 g/mol. The van der Waals surface area contributed by atoms with E-state index in [1.807, 2.05) is 0 Å². The van der Waals surface area contributed by atoms with Gasteiger partial charge in [-0.3, -0.25) is 5.32 Å². The molecule has 0 saturated carbocycles. The summed E-state index contributed by atoms with van der Waals surface area (Å²) in [5, 5.41) is 20.0. The van der Waals surface area contributed by atoms with Gasteiger partial charge in [-0.25, -0.2) is 14.6 Å². The Bertz CT molecular complexity index is 458. The molecule has 0 aliphatic rings. The molecule has 0 aliphatic heterocycles. The maximum absolute atomic E-state index is 11.2. The van der Waals surface area contributed by atoms with Crippen LogP contribution >= 0.6 is 0 Å². The van der Waals surface area contributed by atoms with Crippen LogP contribution in [0.1, 0.15) is 10.4 Å². The van der Waals surface area contributed by atoms with E-state index in [0.29, 0.717) is 0 Å². The quantitative estimate of drug-likeness (QED) is 0.680. The van der Waals surface area contributed by atoms with Gasteiger partial charge >= 0.3 is 12.1 Å². The first kappa shape index (κ1) is 12.5. The molecule has 0 saturated heterocycles.